The van der Waals surface area contributed by atoms with Gasteiger partial charge >= 0.3 is 0 Å². The van der Waals surface area contributed by atoms with Crippen LogP contribution < -0.4 is 10.6 Å². The van der Waals surface area contributed by atoms with Crippen LogP contribution in [0.3, 0.4) is 0 Å². The molecule has 2 aliphatic rings. The van der Waals surface area contributed by atoms with Crippen LogP contribution in [0.15, 0.2) is 0 Å². The van der Waals surface area contributed by atoms with Crippen LogP contribution in [0.2, 0.25) is 0 Å². The molecule has 1 aromatic rings. The summed E-state index contributed by atoms with van der Waals surface area (Å²) >= 11 is 1.51. The van der Waals surface area contributed by atoms with Crippen LogP contribution in [0, 0.1) is 18.8 Å². The fourth-order valence-electron chi connectivity index (χ4n) is 3.78. The molecule has 1 aliphatic heterocycles. The van der Waals surface area contributed by atoms with Gasteiger partial charge < -0.3 is 15.7 Å². The summed E-state index contributed by atoms with van der Waals surface area (Å²) in [6.45, 7) is 6.02. The van der Waals surface area contributed by atoms with Gasteiger partial charge in [0.05, 0.1) is 16.8 Å². The number of carbonyl (C=O) groups is 1. The summed E-state index contributed by atoms with van der Waals surface area (Å²) in [5.41, 5.74) is 0.835. The lowest BCUT2D eigenvalue weighted by Crippen LogP contribution is -2.52. The number of aryl methyl sites for hydroxylation is 2. The highest BCUT2D eigenvalue weighted by Crippen LogP contribution is 2.36. The van der Waals surface area contributed by atoms with Crippen molar-refractivity contribution in [3.8, 4) is 0 Å². The summed E-state index contributed by atoms with van der Waals surface area (Å²) in [4.78, 5) is 18.0. The molecule has 1 aliphatic carbocycles. The predicted octanol–water partition coefficient (Wildman–Crippen LogP) is 1.88. The van der Waals surface area contributed by atoms with Gasteiger partial charge in [-0.3, -0.25) is 4.79 Å². The number of amides is 1. The molecular formula is C17H27N3O2S. The molecule has 2 fully saturated rings. The average Bonchev–Trinajstić information content (AvgIpc) is 2.92. The van der Waals surface area contributed by atoms with Crippen molar-refractivity contribution in [1.29, 1.82) is 0 Å². The highest BCUT2D eigenvalue weighted by molar-refractivity contribution is 7.13. The topological polar surface area (TPSA) is 74.2 Å². The summed E-state index contributed by atoms with van der Waals surface area (Å²) in [6.07, 6.45) is 4.51. The first-order valence-electron chi connectivity index (χ1n) is 8.74. The Labute approximate surface area is 141 Å². The Balaban J connectivity index is 1.71. The van der Waals surface area contributed by atoms with Crippen LogP contribution in [-0.4, -0.2) is 41.2 Å². The zero-order valence-corrected chi connectivity index (χ0v) is 14.8. The number of aliphatic hydroxyl groups is 1. The molecule has 6 heteroatoms. The van der Waals surface area contributed by atoms with E-state index >= 15 is 0 Å². The van der Waals surface area contributed by atoms with Crippen molar-refractivity contribution in [3.63, 3.8) is 0 Å². The van der Waals surface area contributed by atoms with E-state index in [2.05, 4.69) is 22.5 Å². The van der Waals surface area contributed by atoms with E-state index in [4.69, 9.17) is 0 Å². The molecule has 2 heterocycles. The van der Waals surface area contributed by atoms with Gasteiger partial charge in [-0.2, -0.15) is 0 Å². The normalized spacial score (nSPS) is 26.6. The Hall–Kier alpha value is -0.980. The molecule has 0 unspecified atom stereocenters. The Bertz CT molecular complexity index is 548. The molecule has 128 valence electrons. The second kappa shape index (κ2) is 7.28. The quantitative estimate of drug-likeness (QED) is 0.767. The third-order valence-corrected chi connectivity index (χ3v) is 6.50. The van der Waals surface area contributed by atoms with Crippen molar-refractivity contribution in [3.05, 3.63) is 15.6 Å². The molecule has 0 aromatic carbocycles. The van der Waals surface area contributed by atoms with Gasteiger partial charge in [-0.25, -0.2) is 4.98 Å². The van der Waals surface area contributed by atoms with Crippen LogP contribution in [0.1, 0.15) is 53.0 Å². The van der Waals surface area contributed by atoms with Gasteiger partial charge in [0.15, 0.2) is 0 Å². The maximum Gasteiger partial charge on any atom is 0.263 e. The molecule has 1 amide bonds. The van der Waals surface area contributed by atoms with Gasteiger partial charge in [-0.05, 0) is 64.0 Å². The van der Waals surface area contributed by atoms with E-state index in [1.165, 1.54) is 11.3 Å². The zero-order chi connectivity index (χ0) is 16.4. The van der Waals surface area contributed by atoms with Crippen molar-refractivity contribution < 1.29 is 9.90 Å². The number of aliphatic hydroxyl groups excluding tert-OH is 1. The third-order valence-electron chi connectivity index (χ3n) is 5.20. The van der Waals surface area contributed by atoms with Gasteiger partial charge in [0.2, 0.25) is 0 Å². The molecule has 3 rings (SSSR count). The fraction of sp³-hybridized carbons (Fsp3) is 0.765. The number of aromatic nitrogens is 1. The third kappa shape index (κ3) is 3.75. The molecule has 0 bridgehead atoms. The molecule has 23 heavy (non-hydrogen) atoms. The SMILES string of the molecule is CCc1nc(C)c(C(=O)N[C@H](C2CCNCC2)C2CC(O)C2)s1. The Morgan fingerprint density at radius 1 is 1.39 bits per heavy atom. The minimum atomic E-state index is -0.182. The lowest BCUT2D eigenvalue weighted by atomic mass is 9.71. The minimum Gasteiger partial charge on any atom is -0.393 e. The van der Waals surface area contributed by atoms with Gasteiger partial charge in [-0.1, -0.05) is 6.92 Å². The first-order chi connectivity index (χ1) is 11.1. The summed E-state index contributed by atoms with van der Waals surface area (Å²) in [5.74, 6) is 0.942. The highest BCUT2D eigenvalue weighted by atomic mass is 32.1. The van der Waals surface area contributed by atoms with Crippen molar-refractivity contribution in [2.45, 2.75) is 58.1 Å². The molecule has 5 nitrogen and oxygen atoms in total. The highest BCUT2D eigenvalue weighted by Gasteiger charge is 2.39. The smallest absolute Gasteiger partial charge is 0.263 e. The Kier molecular flexibility index (Phi) is 5.34. The van der Waals surface area contributed by atoms with Crippen LogP contribution in [-0.2, 0) is 6.42 Å². The standard InChI is InChI=1S/C17H27N3O2S/c1-3-14-19-10(2)16(23-14)17(22)20-15(12-8-13(21)9-12)11-4-6-18-7-5-11/h11-13,15,18,21H,3-9H2,1-2H3,(H,20,22)/t12?,13?,15-/m1/s1. The van der Waals surface area contributed by atoms with Gasteiger partial charge in [0, 0.05) is 6.04 Å². The first kappa shape index (κ1) is 16.9. The van der Waals surface area contributed by atoms with Gasteiger partial charge in [0.1, 0.15) is 4.88 Å². The van der Waals surface area contributed by atoms with Crippen molar-refractivity contribution >= 4 is 17.2 Å². The molecule has 0 radical (unpaired) electrons. The van der Waals surface area contributed by atoms with Crippen LogP contribution in [0.4, 0.5) is 0 Å². The van der Waals surface area contributed by atoms with Crippen molar-refractivity contribution in [2.75, 3.05) is 13.1 Å². The minimum absolute atomic E-state index is 0.0182. The van der Waals surface area contributed by atoms with E-state index in [1.807, 2.05) is 6.92 Å². The number of nitrogens with zero attached hydrogens (tertiary/aromatic N) is 1. The van der Waals surface area contributed by atoms with E-state index in [0.29, 0.717) is 11.8 Å². The predicted molar refractivity (Wildman–Crippen MR) is 91.8 cm³/mol. The van der Waals surface area contributed by atoms with Gasteiger partial charge in [-0.15, -0.1) is 11.3 Å². The largest absolute Gasteiger partial charge is 0.393 e. The maximum atomic E-state index is 12.8. The van der Waals surface area contributed by atoms with E-state index in [1.54, 1.807) is 0 Å². The number of hydrogen-bond donors (Lipinski definition) is 3. The summed E-state index contributed by atoms with van der Waals surface area (Å²) in [5, 5.41) is 17.4. The lowest BCUT2D eigenvalue weighted by Gasteiger charge is -2.43. The summed E-state index contributed by atoms with van der Waals surface area (Å²) in [6, 6.07) is 0.180. The fourth-order valence-corrected chi connectivity index (χ4v) is 4.69. The molecule has 1 saturated heterocycles. The molecule has 1 saturated carbocycles. The van der Waals surface area contributed by atoms with Crippen molar-refractivity contribution in [1.82, 2.24) is 15.6 Å². The van der Waals surface area contributed by atoms with E-state index < -0.39 is 0 Å². The van der Waals surface area contributed by atoms with E-state index in [9.17, 15) is 9.90 Å². The summed E-state index contributed by atoms with van der Waals surface area (Å²) in [7, 11) is 0. The van der Waals surface area contributed by atoms with Crippen molar-refractivity contribution in [2.24, 2.45) is 11.8 Å². The lowest BCUT2D eigenvalue weighted by molar-refractivity contribution is 0.00922. The molecule has 3 N–H and O–H groups in total. The Morgan fingerprint density at radius 3 is 2.65 bits per heavy atom. The molecule has 1 aromatic heterocycles. The number of hydrogen-bond acceptors (Lipinski definition) is 5. The number of rotatable bonds is 5. The van der Waals surface area contributed by atoms with Crippen LogP contribution in [0.5, 0.6) is 0 Å². The van der Waals surface area contributed by atoms with Gasteiger partial charge in [0.25, 0.3) is 5.91 Å². The zero-order valence-electron chi connectivity index (χ0n) is 14.0. The number of carbonyl (C=O) groups excluding carboxylic acids is 1. The Morgan fingerprint density at radius 2 is 2.09 bits per heavy atom. The molecular weight excluding hydrogens is 310 g/mol. The monoisotopic (exact) mass is 337 g/mol. The van der Waals surface area contributed by atoms with E-state index in [0.717, 1.165) is 60.8 Å². The second-order valence-corrected chi connectivity index (χ2v) is 7.93. The number of thiazole rings is 1. The first-order valence-corrected chi connectivity index (χ1v) is 9.56. The molecule has 1 atom stereocenters. The average molecular weight is 337 g/mol. The van der Waals surface area contributed by atoms with Crippen LogP contribution in [0.25, 0.3) is 0 Å². The number of nitrogens with one attached hydrogen (secondary N) is 2. The van der Waals surface area contributed by atoms with E-state index in [-0.39, 0.29) is 18.1 Å². The summed E-state index contributed by atoms with van der Waals surface area (Å²) < 4.78 is 0. The maximum absolute atomic E-state index is 12.8. The van der Waals surface area contributed by atoms with Crippen LogP contribution >= 0.6 is 11.3 Å². The molecule has 0 spiro atoms. The number of piperidine rings is 1. The second-order valence-electron chi connectivity index (χ2n) is 6.85.